The van der Waals surface area contributed by atoms with E-state index in [1.165, 1.54) is 0 Å². The fraction of sp³-hybridized carbons (Fsp3) is 0.400. The van der Waals surface area contributed by atoms with E-state index in [1.54, 1.807) is 19.4 Å². The summed E-state index contributed by atoms with van der Waals surface area (Å²) in [5.41, 5.74) is 1.75. The molecule has 0 bridgehead atoms. The van der Waals surface area contributed by atoms with Gasteiger partial charge in [-0.05, 0) is 38.1 Å². The zero-order chi connectivity index (χ0) is 18.5. The number of nitrogens with one attached hydrogen (secondary N) is 1. The summed E-state index contributed by atoms with van der Waals surface area (Å²) in [6, 6.07) is 11.9. The van der Waals surface area contributed by atoms with Gasteiger partial charge in [-0.2, -0.15) is 0 Å². The Bertz CT molecular complexity index is 755. The fourth-order valence-electron chi connectivity index (χ4n) is 3.16. The molecule has 0 saturated carbocycles. The van der Waals surface area contributed by atoms with Gasteiger partial charge < -0.3 is 19.9 Å². The van der Waals surface area contributed by atoms with Crippen molar-refractivity contribution in [1.29, 1.82) is 0 Å². The third-order valence-corrected chi connectivity index (χ3v) is 4.44. The molecule has 1 aliphatic rings. The average Bonchev–Trinajstić information content (AvgIpc) is 2.67. The van der Waals surface area contributed by atoms with Gasteiger partial charge in [0.05, 0.1) is 12.8 Å². The van der Waals surface area contributed by atoms with Crippen LogP contribution >= 0.6 is 0 Å². The lowest BCUT2D eigenvalue weighted by atomic mass is 10.2. The van der Waals surface area contributed by atoms with E-state index in [9.17, 15) is 4.79 Å². The Morgan fingerprint density at radius 2 is 1.88 bits per heavy atom. The van der Waals surface area contributed by atoms with Crippen molar-refractivity contribution >= 4 is 17.4 Å². The molecule has 26 heavy (non-hydrogen) atoms. The lowest BCUT2D eigenvalue weighted by Crippen LogP contribution is -2.48. The summed E-state index contributed by atoms with van der Waals surface area (Å²) in [6.45, 7) is 7.04. The molecule has 0 radical (unpaired) electrons. The van der Waals surface area contributed by atoms with Crippen molar-refractivity contribution < 1.29 is 9.53 Å². The van der Waals surface area contributed by atoms with Gasteiger partial charge in [0.15, 0.2) is 0 Å². The predicted molar refractivity (Wildman–Crippen MR) is 104 cm³/mol. The summed E-state index contributed by atoms with van der Waals surface area (Å²) < 4.78 is 5.45. The van der Waals surface area contributed by atoms with Crippen LogP contribution in [0.5, 0.6) is 5.75 Å². The maximum atomic E-state index is 12.8. The number of methoxy groups -OCH3 is 1. The molecule has 3 rings (SSSR count). The molecule has 6 heteroatoms. The Morgan fingerprint density at radius 3 is 2.58 bits per heavy atom. The number of anilines is 2. The van der Waals surface area contributed by atoms with E-state index in [-0.39, 0.29) is 11.9 Å². The van der Waals surface area contributed by atoms with Crippen LogP contribution in [-0.2, 0) is 0 Å². The number of aromatic nitrogens is 1. The van der Waals surface area contributed by atoms with Gasteiger partial charge in [-0.3, -0.25) is 4.79 Å². The number of ether oxygens (including phenoxy) is 1. The zero-order valence-corrected chi connectivity index (χ0v) is 15.6. The molecule has 1 amide bonds. The first kappa shape index (κ1) is 18.0. The Hall–Kier alpha value is -2.76. The van der Waals surface area contributed by atoms with Crippen molar-refractivity contribution in [1.82, 2.24) is 9.88 Å². The largest absolute Gasteiger partial charge is 0.495 e. The Kier molecular flexibility index (Phi) is 5.61. The number of para-hydroxylation sites is 2. The molecule has 0 spiro atoms. The first-order valence-corrected chi connectivity index (χ1v) is 8.98. The highest BCUT2D eigenvalue weighted by atomic mass is 16.5. The van der Waals surface area contributed by atoms with E-state index in [4.69, 9.17) is 4.74 Å². The third-order valence-electron chi connectivity index (χ3n) is 4.44. The van der Waals surface area contributed by atoms with Gasteiger partial charge >= 0.3 is 0 Å². The van der Waals surface area contributed by atoms with E-state index in [0.717, 1.165) is 30.3 Å². The maximum Gasteiger partial charge on any atom is 0.254 e. The van der Waals surface area contributed by atoms with Crippen LogP contribution in [0.15, 0.2) is 42.6 Å². The van der Waals surface area contributed by atoms with Crippen molar-refractivity contribution in [3.05, 3.63) is 48.2 Å². The summed E-state index contributed by atoms with van der Waals surface area (Å²) in [7, 11) is 1.69. The summed E-state index contributed by atoms with van der Waals surface area (Å²) in [4.78, 5) is 21.3. The number of carbonyl (C=O) groups is 1. The molecule has 1 aliphatic heterocycles. The van der Waals surface area contributed by atoms with Gasteiger partial charge in [-0.1, -0.05) is 12.1 Å². The molecule has 2 heterocycles. The van der Waals surface area contributed by atoms with Crippen LogP contribution in [0.3, 0.4) is 0 Å². The SMILES string of the molecule is COc1ccccc1N1CCN(C(=O)c2ccnc(NC(C)C)c2)CC1. The van der Waals surface area contributed by atoms with Gasteiger partial charge in [-0.25, -0.2) is 4.98 Å². The minimum atomic E-state index is 0.0545. The first-order valence-electron chi connectivity index (χ1n) is 8.98. The molecule has 2 aromatic rings. The Labute approximate surface area is 154 Å². The van der Waals surface area contributed by atoms with Crippen LogP contribution < -0.4 is 15.0 Å². The summed E-state index contributed by atoms with van der Waals surface area (Å²) in [5.74, 6) is 1.66. The molecule has 0 aliphatic carbocycles. The van der Waals surface area contributed by atoms with Crippen LogP contribution in [0.1, 0.15) is 24.2 Å². The van der Waals surface area contributed by atoms with E-state index < -0.39 is 0 Å². The number of hydrogen-bond acceptors (Lipinski definition) is 5. The normalized spacial score (nSPS) is 14.5. The number of piperazine rings is 1. The number of rotatable bonds is 5. The second-order valence-electron chi connectivity index (χ2n) is 6.68. The summed E-state index contributed by atoms with van der Waals surface area (Å²) in [6.07, 6.45) is 1.68. The second kappa shape index (κ2) is 8.08. The summed E-state index contributed by atoms with van der Waals surface area (Å²) >= 11 is 0. The molecule has 0 unspecified atom stereocenters. The minimum Gasteiger partial charge on any atom is -0.495 e. The van der Waals surface area contributed by atoms with Gasteiger partial charge in [0, 0.05) is 44.0 Å². The quantitative estimate of drug-likeness (QED) is 0.895. The van der Waals surface area contributed by atoms with Gasteiger partial charge in [-0.15, -0.1) is 0 Å². The number of benzene rings is 1. The van der Waals surface area contributed by atoms with Crippen LogP contribution in [0.4, 0.5) is 11.5 Å². The van der Waals surface area contributed by atoms with Crippen LogP contribution in [0.2, 0.25) is 0 Å². The van der Waals surface area contributed by atoms with Gasteiger partial charge in [0.2, 0.25) is 0 Å². The van der Waals surface area contributed by atoms with E-state index >= 15 is 0 Å². The molecular formula is C20H26N4O2. The number of pyridine rings is 1. The van der Waals surface area contributed by atoms with E-state index in [2.05, 4.69) is 21.3 Å². The average molecular weight is 354 g/mol. The number of nitrogens with zero attached hydrogens (tertiary/aromatic N) is 3. The highest BCUT2D eigenvalue weighted by Crippen LogP contribution is 2.28. The van der Waals surface area contributed by atoms with Crippen molar-refractivity contribution in [2.24, 2.45) is 0 Å². The maximum absolute atomic E-state index is 12.8. The number of hydrogen-bond donors (Lipinski definition) is 1. The molecule has 1 aromatic heterocycles. The third kappa shape index (κ3) is 4.07. The van der Waals surface area contributed by atoms with Crippen molar-refractivity contribution in [3.63, 3.8) is 0 Å². The van der Waals surface area contributed by atoms with Crippen molar-refractivity contribution in [2.75, 3.05) is 43.5 Å². The van der Waals surface area contributed by atoms with E-state index in [1.807, 2.05) is 43.0 Å². The smallest absolute Gasteiger partial charge is 0.254 e. The number of amides is 1. The lowest BCUT2D eigenvalue weighted by molar-refractivity contribution is 0.0746. The highest BCUT2D eigenvalue weighted by molar-refractivity contribution is 5.95. The van der Waals surface area contributed by atoms with Crippen LogP contribution in [0.25, 0.3) is 0 Å². The molecule has 1 fully saturated rings. The van der Waals surface area contributed by atoms with Crippen LogP contribution in [-0.4, -0.2) is 55.1 Å². The van der Waals surface area contributed by atoms with Gasteiger partial charge in [0.1, 0.15) is 11.6 Å². The van der Waals surface area contributed by atoms with Gasteiger partial charge in [0.25, 0.3) is 5.91 Å². The topological polar surface area (TPSA) is 57.7 Å². The van der Waals surface area contributed by atoms with E-state index in [0.29, 0.717) is 18.7 Å². The van der Waals surface area contributed by atoms with Crippen molar-refractivity contribution in [2.45, 2.75) is 19.9 Å². The molecule has 138 valence electrons. The lowest BCUT2D eigenvalue weighted by Gasteiger charge is -2.36. The number of carbonyl (C=O) groups excluding carboxylic acids is 1. The molecule has 1 N–H and O–H groups in total. The molecular weight excluding hydrogens is 328 g/mol. The van der Waals surface area contributed by atoms with Crippen molar-refractivity contribution in [3.8, 4) is 5.75 Å². The molecule has 0 atom stereocenters. The highest BCUT2D eigenvalue weighted by Gasteiger charge is 2.24. The Morgan fingerprint density at radius 1 is 1.15 bits per heavy atom. The Balaban J connectivity index is 1.65. The second-order valence-corrected chi connectivity index (χ2v) is 6.68. The first-order chi connectivity index (χ1) is 12.6. The molecule has 1 aromatic carbocycles. The summed E-state index contributed by atoms with van der Waals surface area (Å²) in [5, 5.41) is 3.24. The molecule has 6 nitrogen and oxygen atoms in total. The monoisotopic (exact) mass is 354 g/mol. The van der Waals surface area contributed by atoms with Crippen LogP contribution in [0, 0.1) is 0 Å². The fourth-order valence-corrected chi connectivity index (χ4v) is 3.16. The molecule has 1 saturated heterocycles. The minimum absolute atomic E-state index is 0.0545. The zero-order valence-electron chi connectivity index (χ0n) is 15.6. The standard InChI is InChI=1S/C20H26N4O2/c1-15(2)22-19-14-16(8-9-21-19)20(25)24-12-10-23(11-13-24)17-6-4-5-7-18(17)26-3/h4-9,14-15H,10-13H2,1-3H3,(H,21,22). The predicted octanol–water partition coefficient (Wildman–Crippen LogP) is 2.87.